The summed E-state index contributed by atoms with van der Waals surface area (Å²) in [5.74, 6) is 0. The Morgan fingerprint density at radius 3 is 2.96 bits per heavy atom. The quantitative estimate of drug-likeness (QED) is 0.857. The third-order valence-corrected chi connectivity index (χ3v) is 4.62. The lowest BCUT2D eigenvalue weighted by molar-refractivity contribution is 0.130. The van der Waals surface area contributed by atoms with Crippen molar-refractivity contribution >= 4 is 17.0 Å². The second-order valence-corrected chi connectivity index (χ2v) is 6.23. The first-order valence-electron chi connectivity index (χ1n) is 8.36. The zero-order valence-electron chi connectivity index (χ0n) is 14.1. The standard InChI is InChI=1S/C18H24N4O2/c1-3-10-19-18(23)22-11-8-14(9-12-22)21(2)13-16-15-6-4-5-7-17(15)24-20-16/h3-7,14H,1,8-13H2,2H3,(H,19,23). The molecule has 0 saturated carbocycles. The van der Waals surface area contributed by atoms with E-state index in [9.17, 15) is 4.79 Å². The number of fused-ring (bicyclic) bond motifs is 1. The molecule has 24 heavy (non-hydrogen) atoms. The maximum absolute atomic E-state index is 12.0. The molecule has 2 heterocycles. The van der Waals surface area contributed by atoms with Gasteiger partial charge in [0.25, 0.3) is 0 Å². The number of carbonyl (C=O) groups excluding carboxylic acids is 1. The molecule has 6 nitrogen and oxygen atoms in total. The van der Waals surface area contributed by atoms with E-state index >= 15 is 0 Å². The molecular formula is C18H24N4O2. The summed E-state index contributed by atoms with van der Waals surface area (Å²) in [6.45, 7) is 6.43. The number of rotatable bonds is 5. The number of nitrogens with zero attached hydrogens (tertiary/aromatic N) is 3. The molecule has 0 atom stereocenters. The first-order chi connectivity index (χ1) is 11.7. The zero-order chi connectivity index (χ0) is 16.9. The van der Waals surface area contributed by atoms with E-state index in [4.69, 9.17) is 4.52 Å². The number of likely N-dealkylation sites (tertiary alicyclic amines) is 1. The van der Waals surface area contributed by atoms with Gasteiger partial charge in [-0.15, -0.1) is 6.58 Å². The van der Waals surface area contributed by atoms with Gasteiger partial charge in [0.05, 0.1) is 0 Å². The Bertz CT molecular complexity index is 704. The van der Waals surface area contributed by atoms with E-state index in [0.29, 0.717) is 12.6 Å². The molecule has 2 amide bonds. The molecule has 128 valence electrons. The van der Waals surface area contributed by atoms with Crippen molar-refractivity contribution in [2.24, 2.45) is 0 Å². The van der Waals surface area contributed by atoms with Crippen LogP contribution in [0.2, 0.25) is 0 Å². The van der Waals surface area contributed by atoms with Crippen LogP contribution < -0.4 is 5.32 Å². The first-order valence-corrected chi connectivity index (χ1v) is 8.36. The number of urea groups is 1. The van der Waals surface area contributed by atoms with Gasteiger partial charge >= 0.3 is 6.03 Å². The van der Waals surface area contributed by atoms with Crippen molar-refractivity contribution in [2.45, 2.75) is 25.4 Å². The van der Waals surface area contributed by atoms with Crippen LogP contribution in [0.3, 0.4) is 0 Å². The van der Waals surface area contributed by atoms with E-state index in [2.05, 4.69) is 29.0 Å². The molecule has 0 bridgehead atoms. The Kier molecular flexibility index (Phi) is 5.15. The van der Waals surface area contributed by atoms with Crippen LogP contribution in [0, 0.1) is 0 Å². The minimum absolute atomic E-state index is 0.00139. The van der Waals surface area contributed by atoms with Gasteiger partial charge in [-0.05, 0) is 32.0 Å². The molecule has 1 aromatic heterocycles. The van der Waals surface area contributed by atoms with Gasteiger partial charge in [0.1, 0.15) is 5.69 Å². The molecular weight excluding hydrogens is 304 g/mol. The van der Waals surface area contributed by atoms with Crippen molar-refractivity contribution in [1.82, 2.24) is 20.3 Å². The highest BCUT2D eigenvalue weighted by Gasteiger charge is 2.25. The Morgan fingerprint density at radius 2 is 2.21 bits per heavy atom. The molecule has 0 spiro atoms. The van der Waals surface area contributed by atoms with Crippen LogP contribution in [0.15, 0.2) is 41.4 Å². The highest BCUT2D eigenvalue weighted by Crippen LogP contribution is 2.22. The molecule has 1 aliphatic heterocycles. The van der Waals surface area contributed by atoms with Crippen molar-refractivity contribution in [3.8, 4) is 0 Å². The molecule has 1 aliphatic rings. The molecule has 3 rings (SSSR count). The van der Waals surface area contributed by atoms with E-state index < -0.39 is 0 Å². The summed E-state index contributed by atoms with van der Waals surface area (Å²) in [6, 6.07) is 8.38. The SMILES string of the molecule is C=CCNC(=O)N1CCC(N(C)Cc2noc3ccccc23)CC1. The summed E-state index contributed by atoms with van der Waals surface area (Å²) in [6.07, 6.45) is 3.63. The minimum Gasteiger partial charge on any atom is -0.356 e. The van der Waals surface area contributed by atoms with Crippen LogP contribution >= 0.6 is 0 Å². The normalized spacial score (nSPS) is 15.8. The highest BCUT2D eigenvalue weighted by atomic mass is 16.5. The molecule has 0 radical (unpaired) electrons. The summed E-state index contributed by atoms with van der Waals surface area (Å²) in [5, 5.41) is 8.12. The second kappa shape index (κ2) is 7.49. The Morgan fingerprint density at radius 1 is 1.46 bits per heavy atom. The fraction of sp³-hybridized carbons (Fsp3) is 0.444. The van der Waals surface area contributed by atoms with Gasteiger partial charge in [0.2, 0.25) is 0 Å². The lowest BCUT2D eigenvalue weighted by Crippen LogP contribution is -2.48. The van der Waals surface area contributed by atoms with E-state index in [1.807, 2.05) is 29.2 Å². The van der Waals surface area contributed by atoms with E-state index in [1.165, 1.54) is 0 Å². The van der Waals surface area contributed by atoms with Crippen molar-refractivity contribution < 1.29 is 9.32 Å². The highest BCUT2D eigenvalue weighted by molar-refractivity contribution is 5.79. The van der Waals surface area contributed by atoms with Crippen molar-refractivity contribution in [1.29, 1.82) is 0 Å². The maximum Gasteiger partial charge on any atom is 0.317 e. The number of benzene rings is 1. The lowest BCUT2D eigenvalue weighted by Gasteiger charge is -2.36. The van der Waals surface area contributed by atoms with E-state index in [1.54, 1.807) is 6.08 Å². The lowest BCUT2D eigenvalue weighted by atomic mass is 10.0. The van der Waals surface area contributed by atoms with Crippen LogP contribution in [-0.2, 0) is 6.54 Å². The minimum atomic E-state index is -0.00139. The smallest absolute Gasteiger partial charge is 0.317 e. The van der Waals surface area contributed by atoms with Gasteiger partial charge < -0.3 is 14.7 Å². The largest absolute Gasteiger partial charge is 0.356 e. The van der Waals surface area contributed by atoms with E-state index in [0.717, 1.165) is 49.1 Å². The number of para-hydroxylation sites is 1. The fourth-order valence-corrected chi connectivity index (χ4v) is 3.20. The predicted octanol–water partition coefficient (Wildman–Crippen LogP) is 2.62. The summed E-state index contributed by atoms with van der Waals surface area (Å²) >= 11 is 0. The number of nitrogens with one attached hydrogen (secondary N) is 1. The third kappa shape index (κ3) is 3.59. The Labute approximate surface area is 142 Å². The van der Waals surface area contributed by atoms with Gasteiger partial charge in [0, 0.05) is 37.6 Å². The number of hydrogen-bond donors (Lipinski definition) is 1. The second-order valence-electron chi connectivity index (χ2n) is 6.23. The topological polar surface area (TPSA) is 61.6 Å². The summed E-state index contributed by atoms with van der Waals surface area (Å²) in [5.41, 5.74) is 1.80. The average Bonchev–Trinajstić information content (AvgIpc) is 3.03. The summed E-state index contributed by atoms with van der Waals surface area (Å²) < 4.78 is 5.38. The molecule has 0 aliphatic carbocycles. The molecule has 1 saturated heterocycles. The van der Waals surface area contributed by atoms with Crippen LogP contribution in [0.4, 0.5) is 4.79 Å². The molecule has 1 N–H and O–H groups in total. The first kappa shape index (κ1) is 16.5. The predicted molar refractivity (Wildman–Crippen MR) is 93.7 cm³/mol. The van der Waals surface area contributed by atoms with Crippen molar-refractivity contribution in [3.05, 3.63) is 42.6 Å². The number of amides is 2. The molecule has 6 heteroatoms. The van der Waals surface area contributed by atoms with Gasteiger partial charge in [-0.2, -0.15) is 0 Å². The van der Waals surface area contributed by atoms with Gasteiger partial charge in [-0.1, -0.05) is 23.4 Å². The van der Waals surface area contributed by atoms with Crippen LogP contribution in [0.1, 0.15) is 18.5 Å². The maximum atomic E-state index is 12.0. The number of carbonyl (C=O) groups is 1. The van der Waals surface area contributed by atoms with Gasteiger partial charge in [-0.3, -0.25) is 4.90 Å². The summed E-state index contributed by atoms with van der Waals surface area (Å²) in [7, 11) is 2.11. The molecule has 2 aromatic rings. The molecule has 1 aromatic carbocycles. The third-order valence-electron chi connectivity index (χ3n) is 4.62. The van der Waals surface area contributed by atoms with Gasteiger partial charge in [-0.25, -0.2) is 4.79 Å². The Balaban J connectivity index is 1.54. The average molecular weight is 328 g/mol. The van der Waals surface area contributed by atoms with Crippen LogP contribution in [-0.4, -0.2) is 53.7 Å². The van der Waals surface area contributed by atoms with E-state index in [-0.39, 0.29) is 6.03 Å². The molecule has 0 unspecified atom stereocenters. The van der Waals surface area contributed by atoms with Crippen molar-refractivity contribution in [3.63, 3.8) is 0 Å². The zero-order valence-corrected chi connectivity index (χ0v) is 14.1. The van der Waals surface area contributed by atoms with Crippen molar-refractivity contribution in [2.75, 3.05) is 26.7 Å². The number of aromatic nitrogens is 1. The fourth-order valence-electron chi connectivity index (χ4n) is 3.20. The van der Waals surface area contributed by atoms with Crippen LogP contribution in [0.5, 0.6) is 0 Å². The van der Waals surface area contributed by atoms with Gasteiger partial charge in [0.15, 0.2) is 5.58 Å². The summed E-state index contributed by atoms with van der Waals surface area (Å²) in [4.78, 5) is 16.2. The monoisotopic (exact) mass is 328 g/mol. The Hall–Kier alpha value is -2.34. The number of hydrogen-bond acceptors (Lipinski definition) is 4. The number of piperidine rings is 1. The van der Waals surface area contributed by atoms with Crippen LogP contribution in [0.25, 0.3) is 11.0 Å². The molecule has 1 fully saturated rings.